The Morgan fingerprint density at radius 3 is 2.76 bits per heavy atom. The predicted molar refractivity (Wildman–Crippen MR) is 85.7 cm³/mol. The molecule has 2 N–H and O–H groups in total. The van der Waals surface area contributed by atoms with Gasteiger partial charge < -0.3 is 10.6 Å². The molecule has 1 fully saturated rings. The predicted octanol–water partition coefficient (Wildman–Crippen LogP) is 3.23. The monoisotopic (exact) mass is 345 g/mol. The van der Waals surface area contributed by atoms with Crippen molar-refractivity contribution in [2.45, 2.75) is 25.4 Å². The van der Waals surface area contributed by atoms with Crippen LogP contribution in [-0.2, 0) is 6.54 Å². The van der Waals surface area contributed by atoms with Crippen molar-refractivity contribution in [3.8, 4) is 0 Å². The molecule has 1 aliphatic rings. The Morgan fingerprint density at radius 2 is 2.14 bits per heavy atom. The SMILES string of the molecule is Nc1cccc(CN(C(=O)c2ccc(Br)cn2)C2CC2)c1. The van der Waals surface area contributed by atoms with Gasteiger partial charge in [-0.25, -0.2) is 4.98 Å². The summed E-state index contributed by atoms with van der Waals surface area (Å²) in [5, 5.41) is 0. The highest BCUT2D eigenvalue weighted by Gasteiger charge is 2.33. The number of halogens is 1. The number of aromatic nitrogens is 1. The molecule has 4 nitrogen and oxygen atoms in total. The minimum Gasteiger partial charge on any atom is -0.399 e. The van der Waals surface area contributed by atoms with E-state index in [1.54, 1.807) is 12.3 Å². The van der Waals surface area contributed by atoms with Gasteiger partial charge in [-0.2, -0.15) is 0 Å². The number of anilines is 1. The summed E-state index contributed by atoms with van der Waals surface area (Å²) in [5.41, 5.74) is 8.06. The smallest absolute Gasteiger partial charge is 0.272 e. The van der Waals surface area contributed by atoms with Crippen molar-refractivity contribution in [3.05, 3.63) is 58.3 Å². The zero-order valence-electron chi connectivity index (χ0n) is 11.5. The van der Waals surface area contributed by atoms with Crippen LogP contribution in [0.25, 0.3) is 0 Å². The summed E-state index contributed by atoms with van der Waals surface area (Å²) in [5.74, 6) is -0.0209. The zero-order valence-corrected chi connectivity index (χ0v) is 13.1. The fourth-order valence-electron chi connectivity index (χ4n) is 2.29. The van der Waals surface area contributed by atoms with Gasteiger partial charge in [-0.3, -0.25) is 4.79 Å². The average molecular weight is 346 g/mol. The molecular formula is C16H16BrN3O. The topological polar surface area (TPSA) is 59.2 Å². The summed E-state index contributed by atoms with van der Waals surface area (Å²) >= 11 is 3.33. The Kier molecular flexibility index (Phi) is 3.92. The first-order chi connectivity index (χ1) is 10.1. The number of nitrogens with two attached hydrogens (primary N) is 1. The van der Waals surface area contributed by atoms with E-state index in [0.717, 1.165) is 28.6 Å². The highest BCUT2D eigenvalue weighted by atomic mass is 79.9. The van der Waals surface area contributed by atoms with E-state index in [9.17, 15) is 4.79 Å². The lowest BCUT2D eigenvalue weighted by Gasteiger charge is -2.22. The number of pyridine rings is 1. The number of carbonyl (C=O) groups is 1. The molecule has 1 aliphatic carbocycles. The van der Waals surface area contributed by atoms with Crippen molar-refractivity contribution in [2.75, 3.05) is 5.73 Å². The standard InChI is InChI=1S/C16H16BrN3O/c17-12-4-7-15(19-9-12)16(21)20(14-5-6-14)10-11-2-1-3-13(18)8-11/h1-4,7-9,14H,5-6,10,18H2. The van der Waals surface area contributed by atoms with Gasteiger partial charge in [0.25, 0.3) is 5.91 Å². The van der Waals surface area contributed by atoms with Crippen LogP contribution in [-0.4, -0.2) is 21.8 Å². The maximum atomic E-state index is 12.6. The average Bonchev–Trinajstić information content (AvgIpc) is 3.29. The second-order valence-corrected chi connectivity index (χ2v) is 6.19. The fraction of sp³-hybridized carbons (Fsp3) is 0.250. The van der Waals surface area contributed by atoms with Crippen LogP contribution < -0.4 is 5.73 Å². The van der Waals surface area contributed by atoms with Gasteiger partial charge in [0, 0.05) is 28.9 Å². The third kappa shape index (κ3) is 3.42. The third-order valence-corrected chi connectivity index (χ3v) is 3.97. The Balaban J connectivity index is 1.81. The fourth-order valence-corrected chi connectivity index (χ4v) is 2.53. The summed E-state index contributed by atoms with van der Waals surface area (Å²) < 4.78 is 0.868. The van der Waals surface area contributed by atoms with E-state index in [2.05, 4.69) is 20.9 Å². The number of hydrogen-bond donors (Lipinski definition) is 1. The van der Waals surface area contributed by atoms with Crippen LogP contribution in [0.15, 0.2) is 47.1 Å². The summed E-state index contributed by atoms with van der Waals surface area (Å²) in [4.78, 5) is 18.7. The summed E-state index contributed by atoms with van der Waals surface area (Å²) in [6.07, 6.45) is 3.77. The zero-order chi connectivity index (χ0) is 14.8. The van der Waals surface area contributed by atoms with Crippen LogP contribution in [0.2, 0.25) is 0 Å². The lowest BCUT2D eigenvalue weighted by Crippen LogP contribution is -2.33. The van der Waals surface area contributed by atoms with Gasteiger partial charge in [0.1, 0.15) is 5.69 Å². The number of amides is 1. The summed E-state index contributed by atoms with van der Waals surface area (Å²) in [6, 6.07) is 11.6. The van der Waals surface area contributed by atoms with E-state index in [1.807, 2.05) is 35.2 Å². The molecule has 1 heterocycles. The van der Waals surface area contributed by atoms with Crippen molar-refractivity contribution in [1.29, 1.82) is 0 Å². The van der Waals surface area contributed by atoms with Gasteiger partial charge in [-0.15, -0.1) is 0 Å². The summed E-state index contributed by atoms with van der Waals surface area (Å²) in [7, 11) is 0. The molecule has 21 heavy (non-hydrogen) atoms. The molecule has 0 aliphatic heterocycles. The number of benzene rings is 1. The van der Waals surface area contributed by atoms with E-state index in [1.165, 1.54) is 0 Å². The van der Waals surface area contributed by atoms with Gasteiger partial charge in [-0.05, 0) is 58.6 Å². The van der Waals surface area contributed by atoms with Crippen LogP contribution in [0.1, 0.15) is 28.9 Å². The molecule has 108 valence electrons. The van der Waals surface area contributed by atoms with E-state index in [0.29, 0.717) is 18.3 Å². The first-order valence-corrected chi connectivity index (χ1v) is 7.70. The minimum atomic E-state index is -0.0209. The first-order valence-electron chi connectivity index (χ1n) is 6.90. The molecule has 1 aromatic heterocycles. The Hall–Kier alpha value is -1.88. The quantitative estimate of drug-likeness (QED) is 0.865. The van der Waals surface area contributed by atoms with Gasteiger partial charge in [0.2, 0.25) is 0 Å². The lowest BCUT2D eigenvalue weighted by atomic mass is 10.2. The van der Waals surface area contributed by atoms with Crippen LogP contribution >= 0.6 is 15.9 Å². The van der Waals surface area contributed by atoms with Gasteiger partial charge in [-0.1, -0.05) is 12.1 Å². The summed E-state index contributed by atoms with van der Waals surface area (Å²) in [6.45, 7) is 0.576. The number of hydrogen-bond acceptors (Lipinski definition) is 3. The first kappa shape index (κ1) is 14.1. The molecule has 0 atom stereocenters. The van der Waals surface area contributed by atoms with Crippen LogP contribution in [0, 0.1) is 0 Å². The molecule has 1 aromatic carbocycles. The van der Waals surface area contributed by atoms with E-state index in [-0.39, 0.29) is 5.91 Å². The van der Waals surface area contributed by atoms with Crippen LogP contribution in [0.5, 0.6) is 0 Å². The molecule has 0 radical (unpaired) electrons. The van der Waals surface area contributed by atoms with Crippen molar-refractivity contribution in [1.82, 2.24) is 9.88 Å². The number of nitrogens with zero attached hydrogens (tertiary/aromatic N) is 2. The number of nitrogen functional groups attached to an aromatic ring is 1. The number of rotatable bonds is 4. The molecule has 0 unspecified atom stereocenters. The van der Waals surface area contributed by atoms with Crippen molar-refractivity contribution >= 4 is 27.5 Å². The molecule has 1 saturated carbocycles. The Bertz CT molecular complexity index is 653. The van der Waals surface area contributed by atoms with Crippen LogP contribution in [0.3, 0.4) is 0 Å². The second kappa shape index (κ2) is 5.85. The van der Waals surface area contributed by atoms with Gasteiger partial charge >= 0.3 is 0 Å². The molecule has 2 aromatic rings. The highest BCUT2D eigenvalue weighted by molar-refractivity contribution is 9.10. The van der Waals surface area contributed by atoms with Crippen molar-refractivity contribution < 1.29 is 4.79 Å². The number of carbonyl (C=O) groups excluding carboxylic acids is 1. The largest absolute Gasteiger partial charge is 0.399 e. The molecule has 5 heteroatoms. The van der Waals surface area contributed by atoms with Gasteiger partial charge in [0.15, 0.2) is 0 Å². The third-order valence-electron chi connectivity index (χ3n) is 3.50. The minimum absolute atomic E-state index is 0.0209. The van der Waals surface area contributed by atoms with E-state index < -0.39 is 0 Å². The maximum absolute atomic E-state index is 12.6. The lowest BCUT2D eigenvalue weighted by molar-refractivity contribution is 0.0724. The van der Waals surface area contributed by atoms with Crippen molar-refractivity contribution in [3.63, 3.8) is 0 Å². The highest BCUT2D eigenvalue weighted by Crippen LogP contribution is 2.30. The molecular weight excluding hydrogens is 330 g/mol. The molecule has 1 amide bonds. The van der Waals surface area contributed by atoms with Crippen molar-refractivity contribution in [2.24, 2.45) is 0 Å². The second-order valence-electron chi connectivity index (χ2n) is 5.27. The van der Waals surface area contributed by atoms with E-state index in [4.69, 9.17) is 5.73 Å². The Labute approximate surface area is 132 Å². The Morgan fingerprint density at radius 1 is 1.33 bits per heavy atom. The maximum Gasteiger partial charge on any atom is 0.272 e. The molecule has 0 bridgehead atoms. The normalized spacial score (nSPS) is 14.0. The molecule has 0 saturated heterocycles. The molecule has 3 rings (SSSR count). The molecule has 0 spiro atoms. The van der Waals surface area contributed by atoms with Gasteiger partial charge in [0.05, 0.1) is 0 Å². The van der Waals surface area contributed by atoms with E-state index >= 15 is 0 Å². The van der Waals surface area contributed by atoms with Crippen LogP contribution in [0.4, 0.5) is 5.69 Å².